The third kappa shape index (κ3) is 4.56. The molecule has 4 aromatic rings. The molecule has 0 radical (unpaired) electrons. The number of aromatic nitrogens is 1. The first-order valence-corrected chi connectivity index (χ1v) is 10.9. The highest BCUT2D eigenvalue weighted by molar-refractivity contribution is 7.10. The van der Waals surface area contributed by atoms with E-state index in [2.05, 4.69) is 0 Å². The fraction of sp³-hybridized carbons (Fsp3) is 0.160. The van der Waals surface area contributed by atoms with Gasteiger partial charge in [0, 0.05) is 35.0 Å². The summed E-state index contributed by atoms with van der Waals surface area (Å²) in [5.41, 5.74) is -2.32. The average molecular weight is 470 g/mol. The smallest absolute Gasteiger partial charge is 0.376 e. The molecule has 0 aliphatic carbocycles. The molecule has 33 heavy (non-hydrogen) atoms. The molecule has 0 bridgehead atoms. The number of benzene rings is 2. The number of nitrogens with zero attached hydrogens (tertiary/aromatic N) is 2. The molecule has 1 N–H and O–H groups in total. The Labute approximate surface area is 191 Å². The van der Waals surface area contributed by atoms with E-state index in [9.17, 15) is 27.9 Å². The normalized spacial score (nSPS) is 13.9. The van der Waals surface area contributed by atoms with Crippen molar-refractivity contribution < 1.29 is 22.7 Å². The summed E-state index contributed by atoms with van der Waals surface area (Å²) in [5.74, 6) is -0.465. The van der Waals surface area contributed by atoms with Gasteiger partial charge in [-0.2, -0.15) is 18.4 Å². The van der Waals surface area contributed by atoms with Gasteiger partial charge in [-0.3, -0.25) is 0 Å². The Morgan fingerprint density at radius 1 is 1.09 bits per heavy atom. The zero-order valence-corrected chi connectivity index (χ0v) is 18.0. The second-order valence-electron chi connectivity index (χ2n) is 7.62. The van der Waals surface area contributed by atoms with E-state index >= 15 is 0 Å². The van der Waals surface area contributed by atoms with Crippen LogP contribution < -0.4 is 0 Å². The molecule has 0 saturated carbocycles. The van der Waals surface area contributed by atoms with Crippen molar-refractivity contribution in [1.29, 1.82) is 5.26 Å². The van der Waals surface area contributed by atoms with E-state index in [4.69, 9.17) is 0 Å². The lowest BCUT2D eigenvalue weighted by Gasteiger charge is -2.29. The lowest BCUT2D eigenvalue weighted by atomic mass is 9.89. The summed E-state index contributed by atoms with van der Waals surface area (Å²) >= 11 is 1.37. The van der Waals surface area contributed by atoms with Crippen molar-refractivity contribution in [2.45, 2.75) is 24.7 Å². The number of fused-ring (bicyclic) bond motifs is 1. The molecule has 0 spiro atoms. The molecule has 1 unspecified atom stereocenters. The summed E-state index contributed by atoms with van der Waals surface area (Å²) in [6.45, 7) is 0.0715. The van der Waals surface area contributed by atoms with Crippen LogP contribution in [-0.2, 0) is 12.1 Å². The van der Waals surface area contributed by atoms with Crippen LogP contribution in [0.3, 0.4) is 0 Å². The number of hydrogen-bond acceptors (Lipinski definition) is 3. The number of thiophene rings is 1. The zero-order valence-electron chi connectivity index (χ0n) is 17.2. The third-order valence-electron chi connectivity index (χ3n) is 5.41. The average Bonchev–Trinajstić information content (AvgIpc) is 3.41. The Kier molecular flexibility index (Phi) is 6.11. The Balaban J connectivity index is 1.84. The highest BCUT2D eigenvalue weighted by atomic mass is 32.1. The number of nitriles is 1. The quantitative estimate of drug-likeness (QED) is 0.322. The van der Waals surface area contributed by atoms with Crippen LogP contribution in [0.5, 0.6) is 0 Å². The second-order valence-corrected chi connectivity index (χ2v) is 8.60. The predicted molar refractivity (Wildman–Crippen MR) is 120 cm³/mol. The molecule has 2 aromatic heterocycles. The number of alkyl halides is 3. The van der Waals surface area contributed by atoms with Crippen LogP contribution in [0, 0.1) is 17.1 Å². The minimum absolute atomic E-state index is 0.0715. The van der Waals surface area contributed by atoms with Crippen LogP contribution in [0.2, 0.25) is 0 Å². The maximum absolute atomic E-state index is 14.2. The van der Waals surface area contributed by atoms with Gasteiger partial charge in [-0.15, -0.1) is 11.3 Å². The number of aliphatic hydroxyl groups is 1. The topological polar surface area (TPSA) is 48.9 Å². The molecule has 0 saturated heterocycles. The SMILES string of the molecule is N#Cc1ccc2c(C(O)(CC=Cc3cccs3)C(F)(F)F)cn(Cc3cccc(F)c3)c2c1. The summed E-state index contributed by atoms with van der Waals surface area (Å²) in [6, 6.07) is 15.6. The van der Waals surface area contributed by atoms with Gasteiger partial charge in [-0.25, -0.2) is 4.39 Å². The van der Waals surface area contributed by atoms with Gasteiger partial charge in [0.15, 0.2) is 5.60 Å². The van der Waals surface area contributed by atoms with Gasteiger partial charge < -0.3 is 9.67 Å². The van der Waals surface area contributed by atoms with E-state index in [1.54, 1.807) is 24.3 Å². The van der Waals surface area contributed by atoms with E-state index in [-0.39, 0.29) is 23.1 Å². The molecule has 4 rings (SSSR count). The Bertz CT molecular complexity index is 1350. The maximum Gasteiger partial charge on any atom is 0.421 e. The molecule has 0 amide bonds. The van der Waals surface area contributed by atoms with Crippen LogP contribution in [0.1, 0.15) is 28.0 Å². The van der Waals surface area contributed by atoms with Gasteiger partial charge in [0.2, 0.25) is 0 Å². The van der Waals surface area contributed by atoms with Crippen LogP contribution in [-0.4, -0.2) is 15.8 Å². The van der Waals surface area contributed by atoms with Gasteiger partial charge in [0.25, 0.3) is 0 Å². The van der Waals surface area contributed by atoms with E-state index < -0.39 is 24.0 Å². The van der Waals surface area contributed by atoms with Gasteiger partial charge in [-0.05, 0) is 47.4 Å². The number of hydrogen-bond donors (Lipinski definition) is 1. The van der Waals surface area contributed by atoms with Crippen molar-refractivity contribution in [2.75, 3.05) is 0 Å². The summed E-state index contributed by atoms with van der Waals surface area (Å²) in [5, 5.41) is 22.2. The minimum atomic E-state index is -4.96. The fourth-order valence-corrected chi connectivity index (χ4v) is 4.41. The molecule has 0 aliphatic rings. The third-order valence-corrected chi connectivity index (χ3v) is 6.24. The molecule has 1 atom stereocenters. The molecule has 3 nitrogen and oxygen atoms in total. The van der Waals surface area contributed by atoms with Crippen molar-refractivity contribution >= 4 is 28.3 Å². The van der Waals surface area contributed by atoms with Crippen LogP contribution in [0.4, 0.5) is 17.6 Å². The lowest BCUT2D eigenvalue weighted by molar-refractivity contribution is -0.264. The summed E-state index contributed by atoms with van der Waals surface area (Å²) in [4.78, 5) is 0.770. The molecular weight excluding hydrogens is 452 g/mol. The summed E-state index contributed by atoms with van der Waals surface area (Å²) in [7, 11) is 0. The number of rotatable bonds is 6. The van der Waals surface area contributed by atoms with Crippen molar-refractivity contribution in [2.24, 2.45) is 0 Å². The molecule has 8 heteroatoms. The van der Waals surface area contributed by atoms with E-state index in [0.717, 1.165) is 4.88 Å². The largest absolute Gasteiger partial charge is 0.421 e. The molecule has 2 heterocycles. The molecular formula is C25H18F4N2OS. The van der Waals surface area contributed by atoms with E-state index in [0.29, 0.717) is 11.1 Å². The number of halogens is 4. The van der Waals surface area contributed by atoms with Crippen molar-refractivity contribution in [3.8, 4) is 6.07 Å². The lowest BCUT2D eigenvalue weighted by Crippen LogP contribution is -2.41. The first kappa shape index (κ1) is 22.8. The maximum atomic E-state index is 14.2. The Morgan fingerprint density at radius 3 is 2.58 bits per heavy atom. The summed E-state index contributed by atoms with van der Waals surface area (Å²) in [6.07, 6.45) is -1.56. The molecule has 0 fully saturated rings. The van der Waals surface area contributed by atoms with Gasteiger partial charge in [0.1, 0.15) is 5.82 Å². The van der Waals surface area contributed by atoms with Crippen molar-refractivity contribution in [3.63, 3.8) is 0 Å². The van der Waals surface area contributed by atoms with Gasteiger partial charge in [0.05, 0.1) is 17.1 Å². The zero-order chi connectivity index (χ0) is 23.6. The van der Waals surface area contributed by atoms with Crippen molar-refractivity contribution in [1.82, 2.24) is 4.57 Å². The van der Waals surface area contributed by atoms with E-state index in [1.165, 1.54) is 64.6 Å². The molecule has 168 valence electrons. The summed E-state index contributed by atoms with van der Waals surface area (Å²) < 4.78 is 57.8. The Morgan fingerprint density at radius 2 is 1.91 bits per heavy atom. The monoisotopic (exact) mass is 470 g/mol. The van der Waals surface area contributed by atoms with Crippen LogP contribution >= 0.6 is 11.3 Å². The minimum Gasteiger partial charge on any atom is -0.376 e. The first-order chi connectivity index (χ1) is 15.7. The van der Waals surface area contributed by atoms with Gasteiger partial charge in [-0.1, -0.05) is 30.3 Å². The van der Waals surface area contributed by atoms with E-state index in [1.807, 2.05) is 11.4 Å². The molecule has 2 aromatic carbocycles. The highest BCUT2D eigenvalue weighted by Gasteiger charge is 2.55. The van der Waals surface area contributed by atoms with Gasteiger partial charge >= 0.3 is 6.18 Å². The van der Waals surface area contributed by atoms with Crippen molar-refractivity contribution in [3.05, 3.63) is 99.6 Å². The molecule has 0 aliphatic heterocycles. The standard InChI is InChI=1S/C25H18F4N2OS/c26-19-5-1-4-18(12-19)15-31-16-22(21-9-8-17(14-30)13-23(21)31)24(32,25(27,28)29)10-2-6-20-7-3-11-33-20/h1-9,11-13,16,32H,10,15H2. The van der Waals surface area contributed by atoms with Crippen LogP contribution in [0.15, 0.2) is 72.3 Å². The second kappa shape index (κ2) is 8.85. The first-order valence-electron chi connectivity index (χ1n) is 9.98. The highest BCUT2D eigenvalue weighted by Crippen LogP contribution is 2.45. The predicted octanol–water partition coefficient (Wildman–Crippen LogP) is 6.62. The van der Waals surface area contributed by atoms with Crippen LogP contribution in [0.25, 0.3) is 17.0 Å². The fourth-order valence-electron chi connectivity index (χ4n) is 3.76. The Hall–Kier alpha value is -3.41.